The molecule has 1 amide bonds. The fourth-order valence-electron chi connectivity index (χ4n) is 3.29. The van der Waals surface area contributed by atoms with Crippen LogP contribution >= 0.6 is 0 Å². The van der Waals surface area contributed by atoms with Crippen LogP contribution in [-0.4, -0.2) is 34.8 Å². The molecule has 2 heterocycles. The minimum Gasteiger partial charge on any atom is -0.385 e. The van der Waals surface area contributed by atoms with Gasteiger partial charge < -0.3 is 10.1 Å². The number of carbonyl (C=O) groups excluding carboxylic acids is 1. The van der Waals surface area contributed by atoms with Crippen LogP contribution < -0.4 is 5.32 Å². The van der Waals surface area contributed by atoms with Crippen LogP contribution in [0, 0.1) is 12.3 Å². The molecule has 1 fully saturated rings. The van der Waals surface area contributed by atoms with Crippen LogP contribution in [0.5, 0.6) is 0 Å². The molecule has 0 atom stereocenters. The quantitative estimate of drug-likeness (QED) is 0.890. The molecule has 0 radical (unpaired) electrons. The van der Waals surface area contributed by atoms with E-state index >= 15 is 0 Å². The Morgan fingerprint density at radius 2 is 2.23 bits per heavy atom. The smallest absolute Gasteiger partial charge is 0.230 e. The van der Waals surface area contributed by atoms with Gasteiger partial charge >= 0.3 is 0 Å². The standard InChI is InChI=1S/C16H22N4O2/c1-11-13-9-12(10-17-14(13)20-19-11)18-15(21)16(7-8-22-2)5-3-4-6-16/h9-10H,3-8H2,1-2H3,(H,18,21)(H,17,19,20). The maximum absolute atomic E-state index is 12.8. The summed E-state index contributed by atoms with van der Waals surface area (Å²) in [5.41, 5.74) is 2.06. The van der Waals surface area contributed by atoms with Crippen LogP contribution in [-0.2, 0) is 9.53 Å². The van der Waals surface area contributed by atoms with E-state index in [2.05, 4.69) is 20.5 Å². The maximum atomic E-state index is 12.8. The zero-order valence-electron chi connectivity index (χ0n) is 13.1. The Morgan fingerprint density at radius 3 is 2.95 bits per heavy atom. The number of nitrogens with zero attached hydrogens (tertiary/aromatic N) is 2. The molecule has 1 aliphatic carbocycles. The van der Waals surface area contributed by atoms with Gasteiger partial charge in [-0.15, -0.1) is 0 Å². The Morgan fingerprint density at radius 1 is 1.45 bits per heavy atom. The molecule has 0 unspecified atom stereocenters. The van der Waals surface area contributed by atoms with E-state index < -0.39 is 0 Å². The van der Waals surface area contributed by atoms with Crippen molar-refractivity contribution in [1.29, 1.82) is 0 Å². The number of amides is 1. The highest BCUT2D eigenvalue weighted by molar-refractivity contribution is 5.97. The van der Waals surface area contributed by atoms with Gasteiger partial charge in [0.05, 0.1) is 17.3 Å². The van der Waals surface area contributed by atoms with E-state index in [0.29, 0.717) is 12.3 Å². The lowest BCUT2D eigenvalue weighted by atomic mass is 9.82. The van der Waals surface area contributed by atoms with Gasteiger partial charge in [-0.2, -0.15) is 5.10 Å². The summed E-state index contributed by atoms with van der Waals surface area (Å²) < 4.78 is 5.19. The summed E-state index contributed by atoms with van der Waals surface area (Å²) in [6.07, 6.45) is 6.52. The van der Waals surface area contributed by atoms with E-state index in [1.54, 1.807) is 13.3 Å². The predicted molar refractivity (Wildman–Crippen MR) is 84.6 cm³/mol. The SMILES string of the molecule is COCCC1(C(=O)Nc2cnc3n[nH]c(C)c3c2)CCCC1. The number of methoxy groups -OCH3 is 1. The largest absolute Gasteiger partial charge is 0.385 e. The van der Waals surface area contributed by atoms with Crippen molar-refractivity contribution in [3.63, 3.8) is 0 Å². The van der Waals surface area contributed by atoms with Gasteiger partial charge in [0, 0.05) is 24.8 Å². The number of fused-ring (bicyclic) bond motifs is 1. The maximum Gasteiger partial charge on any atom is 0.230 e. The van der Waals surface area contributed by atoms with Crippen molar-refractivity contribution in [2.45, 2.75) is 39.0 Å². The molecule has 118 valence electrons. The minimum atomic E-state index is -0.295. The molecule has 3 rings (SSSR count). The lowest BCUT2D eigenvalue weighted by Crippen LogP contribution is -2.35. The first-order valence-electron chi connectivity index (χ1n) is 7.76. The highest BCUT2D eigenvalue weighted by Crippen LogP contribution is 2.42. The number of aromatic nitrogens is 3. The van der Waals surface area contributed by atoms with Crippen LogP contribution in [0.4, 0.5) is 5.69 Å². The highest BCUT2D eigenvalue weighted by atomic mass is 16.5. The summed E-state index contributed by atoms with van der Waals surface area (Å²) in [5, 5.41) is 11.0. The molecule has 6 heteroatoms. The van der Waals surface area contributed by atoms with Crippen molar-refractivity contribution >= 4 is 22.6 Å². The number of rotatable bonds is 5. The molecule has 0 saturated heterocycles. The van der Waals surface area contributed by atoms with Gasteiger partial charge in [-0.25, -0.2) is 4.98 Å². The molecule has 6 nitrogen and oxygen atoms in total. The number of aromatic amines is 1. The first-order valence-corrected chi connectivity index (χ1v) is 7.76. The normalized spacial score (nSPS) is 17.0. The topological polar surface area (TPSA) is 79.9 Å². The third-order valence-corrected chi connectivity index (χ3v) is 4.69. The van der Waals surface area contributed by atoms with Gasteiger partial charge in [0.1, 0.15) is 0 Å². The van der Waals surface area contributed by atoms with E-state index in [9.17, 15) is 4.79 Å². The summed E-state index contributed by atoms with van der Waals surface area (Å²) in [6, 6.07) is 1.93. The van der Waals surface area contributed by atoms with Crippen molar-refractivity contribution in [1.82, 2.24) is 15.2 Å². The third kappa shape index (κ3) is 2.70. The Bertz CT molecular complexity index is 674. The minimum absolute atomic E-state index is 0.0874. The van der Waals surface area contributed by atoms with Gasteiger partial charge in [0.2, 0.25) is 5.91 Å². The molecule has 0 aromatic carbocycles. The number of anilines is 1. The zero-order valence-corrected chi connectivity index (χ0v) is 13.1. The van der Waals surface area contributed by atoms with Gasteiger partial charge in [-0.1, -0.05) is 12.8 Å². The fraction of sp³-hybridized carbons (Fsp3) is 0.562. The monoisotopic (exact) mass is 302 g/mol. The number of aryl methyl sites for hydroxylation is 1. The lowest BCUT2D eigenvalue weighted by molar-refractivity contribution is -0.126. The van der Waals surface area contributed by atoms with Crippen molar-refractivity contribution in [2.24, 2.45) is 5.41 Å². The second kappa shape index (κ2) is 6.04. The van der Waals surface area contributed by atoms with Crippen molar-refractivity contribution < 1.29 is 9.53 Å². The molecule has 22 heavy (non-hydrogen) atoms. The Hall–Kier alpha value is -1.95. The Labute approximate surface area is 129 Å². The highest BCUT2D eigenvalue weighted by Gasteiger charge is 2.40. The molecule has 0 bridgehead atoms. The average Bonchev–Trinajstić information content (AvgIpc) is 3.14. The van der Waals surface area contributed by atoms with Crippen molar-refractivity contribution in [3.8, 4) is 0 Å². The second-order valence-electron chi connectivity index (χ2n) is 6.13. The van der Waals surface area contributed by atoms with Crippen LogP contribution in [0.1, 0.15) is 37.8 Å². The summed E-state index contributed by atoms with van der Waals surface area (Å²) >= 11 is 0. The summed E-state index contributed by atoms with van der Waals surface area (Å²) in [6.45, 7) is 2.56. The average molecular weight is 302 g/mol. The number of ether oxygens (including phenoxy) is 1. The van der Waals surface area contributed by atoms with E-state index in [0.717, 1.165) is 48.9 Å². The number of carbonyl (C=O) groups is 1. The predicted octanol–water partition coefficient (Wildman–Crippen LogP) is 2.80. The molecule has 0 spiro atoms. The number of pyridine rings is 1. The first kappa shape index (κ1) is 15.0. The molecule has 1 saturated carbocycles. The molecule has 2 N–H and O–H groups in total. The Kier molecular flexibility index (Phi) is 4.11. The molecular weight excluding hydrogens is 280 g/mol. The fourth-order valence-corrected chi connectivity index (χ4v) is 3.29. The van der Waals surface area contributed by atoms with Crippen LogP contribution in [0.2, 0.25) is 0 Å². The van der Waals surface area contributed by atoms with E-state index in [-0.39, 0.29) is 11.3 Å². The number of hydrogen-bond donors (Lipinski definition) is 2. The van der Waals surface area contributed by atoms with Crippen LogP contribution in [0.15, 0.2) is 12.3 Å². The molecule has 1 aliphatic rings. The number of H-pyrrole nitrogens is 1. The first-order chi connectivity index (χ1) is 10.6. The molecular formula is C16H22N4O2. The molecule has 2 aromatic heterocycles. The van der Waals surface area contributed by atoms with Crippen LogP contribution in [0.3, 0.4) is 0 Å². The number of hydrogen-bond acceptors (Lipinski definition) is 4. The van der Waals surface area contributed by atoms with Gasteiger partial charge in [-0.05, 0) is 32.3 Å². The van der Waals surface area contributed by atoms with Gasteiger partial charge in [0.15, 0.2) is 5.65 Å². The summed E-state index contributed by atoms with van der Waals surface area (Å²) in [7, 11) is 1.68. The van der Waals surface area contributed by atoms with Crippen molar-refractivity contribution in [3.05, 3.63) is 18.0 Å². The second-order valence-corrected chi connectivity index (χ2v) is 6.13. The lowest BCUT2D eigenvalue weighted by Gasteiger charge is -2.27. The van der Waals surface area contributed by atoms with E-state index in [1.165, 1.54) is 0 Å². The van der Waals surface area contributed by atoms with Gasteiger partial charge in [0.25, 0.3) is 0 Å². The third-order valence-electron chi connectivity index (χ3n) is 4.69. The van der Waals surface area contributed by atoms with Crippen LogP contribution in [0.25, 0.3) is 11.0 Å². The molecule has 0 aliphatic heterocycles. The zero-order chi connectivity index (χ0) is 15.6. The van der Waals surface area contributed by atoms with E-state index in [1.807, 2.05) is 13.0 Å². The summed E-state index contributed by atoms with van der Waals surface area (Å²) in [5.74, 6) is 0.0874. The number of nitrogens with one attached hydrogen (secondary N) is 2. The molecule has 2 aromatic rings. The Balaban J connectivity index is 1.80. The summed E-state index contributed by atoms with van der Waals surface area (Å²) in [4.78, 5) is 17.1. The van der Waals surface area contributed by atoms with E-state index in [4.69, 9.17) is 4.74 Å². The van der Waals surface area contributed by atoms with Gasteiger partial charge in [-0.3, -0.25) is 9.89 Å². The van der Waals surface area contributed by atoms with Crippen molar-refractivity contribution in [2.75, 3.05) is 19.0 Å².